The van der Waals surface area contributed by atoms with Crippen molar-refractivity contribution in [2.75, 3.05) is 0 Å². The minimum absolute atomic E-state index is 0.150. The average molecular weight is 240 g/mol. The highest BCUT2D eigenvalue weighted by atomic mass is 32.1. The van der Waals surface area contributed by atoms with Gasteiger partial charge in [0.25, 0.3) is 0 Å². The molecule has 0 radical (unpaired) electrons. The number of hydrogen-bond acceptors (Lipinski definition) is 2. The maximum Gasteiger partial charge on any atom is 0.229 e. The molecule has 0 fully saturated rings. The normalized spacial score (nSPS) is 11.9. The first-order chi connectivity index (χ1) is 7.50. The second kappa shape index (κ2) is 5.55. The van der Waals surface area contributed by atoms with Crippen LogP contribution in [-0.4, -0.2) is 10.9 Å². The lowest BCUT2D eigenvalue weighted by molar-refractivity contribution is -0.122. The predicted molar refractivity (Wildman–Crippen MR) is 64.2 cm³/mol. The van der Waals surface area contributed by atoms with Gasteiger partial charge >= 0.3 is 0 Å². The quantitative estimate of drug-likeness (QED) is 0.781. The molecule has 5 heteroatoms. The molecule has 0 aromatic heterocycles. The molecule has 0 spiro atoms. The molecule has 1 amide bonds. The zero-order valence-corrected chi connectivity index (χ0v) is 9.68. The van der Waals surface area contributed by atoms with Crippen LogP contribution in [0.5, 0.6) is 0 Å². The Labute approximate surface area is 98.8 Å². The van der Waals surface area contributed by atoms with E-state index in [1.54, 1.807) is 19.1 Å². The van der Waals surface area contributed by atoms with Crippen molar-refractivity contribution in [3.8, 4) is 0 Å². The van der Waals surface area contributed by atoms with E-state index in [2.05, 4.69) is 5.32 Å². The number of amides is 1. The molecular formula is C11H13FN2OS. The topological polar surface area (TPSA) is 55.1 Å². The maximum absolute atomic E-state index is 12.8. The molecule has 0 aliphatic carbocycles. The summed E-state index contributed by atoms with van der Waals surface area (Å²) in [6.07, 6.45) is 0. The molecule has 3 nitrogen and oxygen atoms in total. The Hall–Kier alpha value is -1.49. The van der Waals surface area contributed by atoms with Gasteiger partial charge in [0.2, 0.25) is 5.91 Å². The van der Waals surface area contributed by atoms with Crippen molar-refractivity contribution in [2.24, 2.45) is 11.7 Å². The van der Waals surface area contributed by atoms with Crippen LogP contribution in [0.4, 0.5) is 4.39 Å². The molecule has 1 unspecified atom stereocenters. The monoisotopic (exact) mass is 240 g/mol. The molecule has 1 aromatic rings. The number of carbonyl (C=O) groups is 1. The van der Waals surface area contributed by atoms with Gasteiger partial charge in [-0.2, -0.15) is 0 Å². The molecule has 1 atom stereocenters. The van der Waals surface area contributed by atoms with Crippen LogP contribution in [0, 0.1) is 11.7 Å². The molecule has 0 aliphatic heterocycles. The molecule has 0 saturated heterocycles. The highest BCUT2D eigenvalue weighted by Crippen LogP contribution is 2.03. The van der Waals surface area contributed by atoms with E-state index in [0.717, 1.165) is 0 Å². The Bertz CT molecular complexity index is 409. The van der Waals surface area contributed by atoms with E-state index < -0.39 is 5.92 Å². The van der Waals surface area contributed by atoms with E-state index >= 15 is 0 Å². The Balaban J connectivity index is 2.52. The molecule has 1 aromatic carbocycles. The third-order valence-electron chi connectivity index (χ3n) is 2.18. The van der Waals surface area contributed by atoms with Crippen molar-refractivity contribution in [3.05, 3.63) is 35.6 Å². The first-order valence-electron chi connectivity index (χ1n) is 4.82. The van der Waals surface area contributed by atoms with Crippen LogP contribution >= 0.6 is 12.2 Å². The van der Waals surface area contributed by atoms with Gasteiger partial charge in [-0.15, -0.1) is 0 Å². The van der Waals surface area contributed by atoms with E-state index in [9.17, 15) is 9.18 Å². The molecule has 86 valence electrons. The van der Waals surface area contributed by atoms with Crippen LogP contribution in [-0.2, 0) is 11.3 Å². The Morgan fingerprint density at radius 1 is 1.62 bits per heavy atom. The van der Waals surface area contributed by atoms with Crippen molar-refractivity contribution in [3.63, 3.8) is 0 Å². The fraction of sp³-hybridized carbons (Fsp3) is 0.273. The Kier molecular flexibility index (Phi) is 4.37. The van der Waals surface area contributed by atoms with E-state index in [4.69, 9.17) is 18.0 Å². The Morgan fingerprint density at radius 2 is 2.31 bits per heavy atom. The SMILES string of the molecule is CC(C(=O)NCc1cccc(F)c1)C(N)=S. The van der Waals surface area contributed by atoms with Crippen LogP contribution in [0.3, 0.4) is 0 Å². The van der Waals surface area contributed by atoms with Gasteiger partial charge in [-0.3, -0.25) is 4.79 Å². The number of nitrogens with two attached hydrogens (primary N) is 1. The first-order valence-corrected chi connectivity index (χ1v) is 5.23. The number of carbonyl (C=O) groups excluding carboxylic acids is 1. The summed E-state index contributed by atoms with van der Waals surface area (Å²) in [5, 5.41) is 2.63. The summed E-state index contributed by atoms with van der Waals surface area (Å²) in [6, 6.07) is 6.04. The van der Waals surface area contributed by atoms with Gasteiger partial charge in [-0.1, -0.05) is 24.4 Å². The minimum atomic E-state index is -0.511. The van der Waals surface area contributed by atoms with Crippen molar-refractivity contribution >= 4 is 23.1 Å². The number of benzene rings is 1. The zero-order chi connectivity index (χ0) is 12.1. The molecule has 0 heterocycles. The van der Waals surface area contributed by atoms with E-state index in [1.165, 1.54) is 12.1 Å². The van der Waals surface area contributed by atoms with Crippen molar-refractivity contribution in [2.45, 2.75) is 13.5 Å². The van der Waals surface area contributed by atoms with Crippen LogP contribution in [0.15, 0.2) is 24.3 Å². The average Bonchev–Trinajstić information content (AvgIpc) is 2.24. The summed E-state index contributed by atoms with van der Waals surface area (Å²) >= 11 is 4.70. The van der Waals surface area contributed by atoms with Crippen LogP contribution in [0.1, 0.15) is 12.5 Å². The predicted octanol–water partition coefficient (Wildman–Crippen LogP) is 1.36. The van der Waals surface area contributed by atoms with Gasteiger partial charge in [0.1, 0.15) is 5.82 Å². The second-order valence-electron chi connectivity index (χ2n) is 3.47. The van der Waals surface area contributed by atoms with Gasteiger partial charge in [0.05, 0.1) is 10.9 Å². The van der Waals surface area contributed by atoms with E-state index in [-0.39, 0.29) is 23.3 Å². The second-order valence-corrected chi connectivity index (χ2v) is 3.94. The summed E-state index contributed by atoms with van der Waals surface area (Å²) in [5.41, 5.74) is 6.04. The Morgan fingerprint density at radius 3 is 2.88 bits per heavy atom. The van der Waals surface area contributed by atoms with Crippen LogP contribution < -0.4 is 11.1 Å². The third-order valence-corrected chi connectivity index (χ3v) is 2.53. The van der Waals surface area contributed by atoms with Gasteiger partial charge in [0.15, 0.2) is 0 Å². The summed E-state index contributed by atoms with van der Waals surface area (Å²) in [6.45, 7) is 1.90. The highest BCUT2D eigenvalue weighted by Gasteiger charge is 2.14. The van der Waals surface area contributed by atoms with E-state index in [1.807, 2.05) is 0 Å². The fourth-order valence-electron chi connectivity index (χ4n) is 1.12. The summed E-state index contributed by atoms with van der Waals surface area (Å²) in [5.74, 6) is -1.09. The number of nitrogens with one attached hydrogen (secondary N) is 1. The summed E-state index contributed by atoms with van der Waals surface area (Å²) in [7, 11) is 0. The standard InChI is InChI=1S/C11H13FN2OS/c1-7(10(13)16)11(15)14-6-8-3-2-4-9(12)5-8/h2-5,7H,6H2,1H3,(H2,13,16)(H,14,15). The van der Waals surface area contributed by atoms with Gasteiger partial charge in [0, 0.05) is 6.54 Å². The smallest absolute Gasteiger partial charge is 0.229 e. The lowest BCUT2D eigenvalue weighted by Crippen LogP contribution is -2.35. The maximum atomic E-state index is 12.8. The summed E-state index contributed by atoms with van der Waals surface area (Å²) < 4.78 is 12.8. The number of thiocarbonyl (C=S) groups is 1. The lowest BCUT2D eigenvalue weighted by Gasteiger charge is -2.10. The fourth-order valence-corrected chi connectivity index (χ4v) is 1.23. The van der Waals surface area contributed by atoms with E-state index in [0.29, 0.717) is 5.56 Å². The van der Waals surface area contributed by atoms with Gasteiger partial charge in [-0.25, -0.2) is 4.39 Å². The molecule has 0 aliphatic rings. The molecular weight excluding hydrogens is 227 g/mol. The molecule has 0 bridgehead atoms. The largest absolute Gasteiger partial charge is 0.393 e. The number of halogens is 1. The number of hydrogen-bond donors (Lipinski definition) is 2. The summed E-state index contributed by atoms with van der Waals surface area (Å²) in [4.78, 5) is 11.6. The first kappa shape index (κ1) is 12.6. The third kappa shape index (κ3) is 3.58. The molecule has 16 heavy (non-hydrogen) atoms. The van der Waals surface area contributed by atoms with Crippen LogP contribution in [0.2, 0.25) is 0 Å². The van der Waals surface area contributed by atoms with Crippen molar-refractivity contribution in [1.29, 1.82) is 0 Å². The van der Waals surface area contributed by atoms with Crippen molar-refractivity contribution in [1.82, 2.24) is 5.32 Å². The van der Waals surface area contributed by atoms with Crippen LogP contribution in [0.25, 0.3) is 0 Å². The number of rotatable bonds is 4. The molecule has 1 rings (SSSR count). The lowest BCUT2D eigenvalue weighted by atomic mass is 10.1. The highest BCUT2D eigenvalue weighted by molar-refractivity contribution is 7.80. The molecule has 3 N–H and O–H groups in total. The van der Waals surface area contributed by atoms with Gasteiger partial charge < -0.3 is 11.1 Å². The van der Waals surface area contributed by atoms with Gasteiger partial charge in [-0.05, 0) is 24.6 Å². The molecule has 0 saturated carbocycles. The minimum Gasteiger partial charge on any atom is -0.393 e. The zero-order valence-electron chi connectivity index (χ0n) is 8.87. The van der Waals surface area contributed by atoms with Crippen molar-refractivity contribution < 1.29 is 9.18 Å².